The molecule has 2 unspecified atom stereocenters. The first kappa shape index (κ1) is 18.3. The van der Waals surface area contributed by atoms with E-state index in [-0.39, 0.29) is 6.10 Å². The molecule has 4 heteroatoms. The van der Waals surface area contributed by atoms with Crippen molar-refractivity contribution in [2.75, 3.05) is 13.2 Å². The Labute approximate surface area is 164 Å². The van der Waals surface area contributed by atoms with Gasteiger partial charge in [0.15, 0.2) is 0 Å². The predicted octanol–water partition coefficient (Wildman–Crippen LogP) is 4.40. The van der Waals surface area contributed by atoms with Gasteiger partial charge in [-0.25, -0.2) is 0 Å². The summed E-state index contributed by atoms with van der Waals surface area (Å²) in [5.41, 5.74) is 3.38. The Balaban J connectivity index is 1.84. The Morgan fingerprint density at radius 2 is 1.19 bits per heavy atom. The molecule has 0 aromatic heterocycles. The highest BCUT2D eigenvalue weighted by molar-refractivity contribution is 7.96. The summed E-state index contributed by atoms with van der Waals surface area (Å²) in [5, 5.41) is 10.1. The standard InChI is InChI=1S/C23H22O3S/c24-21-16-25-17-22(21)26-27-23(18-10-4-1-5-11-18,19-12-6-2-7-13-19)20-14-8-3-9-15-20/h1-15,21-22,24H,16-17H2. The molecule has 1 fully saturated rings. The van der Waals surface area contributed by atoms with E-state index < -0.39 is 10.9 Å². The fraction of sp³-hybridized carbons (Fsp3) is 0.217. The lowest BCUT2D eigenvalue weighted by Crippen LogP contribution is -2.30. The average molecular weight is 378 g/mol. The highest BCUT2D eigenvalue weighted by Crippen LogP contribution is 2.49. The van der Waals surface area contributed by atoms with Crippen LogP contribution in [0.25, 0.3) is 0 Å². The minimum Gasteiger partial charge on any atom is -0.388 e. The SMILES string of the molecule is OC1COCC1OSC(c1ccccc1)(c1ccccc1)c1ccccc1. The van der Waals surface area contributed by atoms with Crippen LogP contribution in [0.15, 0.2) is 91.0 Å². The molecule has 1 saturated heterocycles. The lowest BCUT2D eigenvalue weighted by atomic mass is 9.84. The molecule has 3 aromatic carbocycles. The minimum atomic E-state index is -0.600. The summed E-state index contributed by atoms with van der Waals surface area (Å²) in [5.74, 6) is 0. The zero-order valence-electron chi connectivity index (χ0n) is 14.9. The average Bonchev–Trinajstić information content (AvgIpc) is 3.16. The number of rotatable bonds is 6. The molecule has 1 N–H and O–H groups in total. The Hall–Kier alpha value is -2.11. The predicted molar refractivity (Wildman–Crippen MR) is 108 cm³/mol. The van der Waals surface area contributed by atoms with Crippen LogP contribution in [0.1, 0.15) is 16.7 Å². The Kier molecular flexibility index (Phi) is 5.60. The van der Waals surface area contributed by atoms with Crippen molar-refractivity contribution in [1.82, 2.24) is 0 Å². The molecule has 4 rings (SSSR count). The van der Waals surface area contributed by atoms with Gasteiger partial charge >= 0.3 is 0 Å². The van der Waals surface area contributed by atoms with Crippen LogP contribution in [0.5, 0.6) is 0 Å². The molecule has 27 heavy (non-hydrogen) atoms. The second kappa shape index (κ2) is 8.28. The van der Waals surface area contributed by atoms with Gasteiger partial charge in [-0.15, -0.1) is 0 Å². The van der Waals surface area contributed by atoms with Gasteiger partial charge in [-0.1, -0.05) is 91.0 Å². The van der Waals surface area contributed by atoms with E-state index in [0.29, 0.717) is 13.2 Å². The normalized spacial score (nSPS) is 19.9. The third-order valence-electron chi connectivity index (χ3n) is 4.84. The van der Waals surface area contributed by atoms with Gasteiger partial charge in [0.2, 0.25) is 0 Å². The van der Waals surface area contributed by atoms with Crippen molar-refractivity contribution in [3.63, 3.8) is 0 Å². The molecule has 0 aliphatic carbocycles. The fourth-order valence-electron chi connectivity index (χ4n) is 3.41. The number of ether oxygens (including phenoxy) is 1. The van der Waals surface area contributed by atoms with Crippen molar-refractivity contribution in [1.29, 1.82) is 0 Å². The van der Waals surface area contributed by atoms with Gasteiger partial charge in [0, 0.05) is 12.0 Å². The van der Waals surface area contributed by atoms with Crippen LogP contribution in [0.3, 0.4) is 0 Å². The second-order valence-electron chi connectivity index (χ2n) is 6.60. The zero-order chi connectivity index (χ0) is 18.5. The van der Waals surface area contributed by atoms with E-state index in [4.69, 9.17) is 8.92 Å². The van der Waals surface area contributed by atoms with Gasteiger partial charge < -0.3 is 14.0 Å². The lowest BCUT2D eigenvalue weighted by molar-refractivity contribution is 0.0854. The molecule has 1 heterocycles. The van der Waals surface area contributed by atoms with Gasteiger partial charge in [0.25, 0.3) is 0 Å². The van der Waals surface area contributed by atoms with Crippen LogP contribution in [-0.2, 0) is 13.7 Å². The molecule has 0 bridgehead atoms. The van der Waals surface area contributed by atoms with Crippen LogP contribution in [0, 0.1) is 0 Å². The number of aliphatic hydroxyl groups excluding tert-OH is 1. The Morgan fingerprint density at radius 1 is 0.741 bits per heavy atom. The molecule has 1 aliphatic heterocycles. The molecule has 138 valence electrons. The quantitative estimate of drug-likeness (QED) is 0.510. The molecule has 0 amide bonds. The van der Waals surface area contributed by atoms with Gasteiger partial charge in [0.05, 0.1) is 13.2 Å². The molecule has 3 nitrogen and oxygen atoms in total. The minimum absolute atomic E-state index is 0.320. The maximum Gasteiger partial charge on any atom is 0.124 e. The second-order valence-corrected chi connectivity index (χ2v) is 7.57. The topological polar surface area (TPSA) is 38.7 Å². The number of aliphatic hydroxyl groups is 1. The van der Waals surface area contributed by atoms with Gasteiger partial charge in [-0.3, -0.25) is 0 Å². The zero-order valence-corrected chi connectivity index (χ0v) is 15.7. The van der Waals surface area contributed by atoms with Crippen molar-refractivity contribution in [3.05, 3.63) is 108 Å². The highest BCUT2D eigenvalue weighted by Gasteiger charge is 2.40. The first-order valence-corrected chi connectivity index (χ1v) is 9.82. The third-order valence-corrected chi connectivity index (χ3v) is 6.14. The van der Waals surface area contributed by atoms with E-state index >= 15 is 0 Å². The summed E-state index contributed by atoms with van der Waals surface area (Å²) in [6.07, 6.45) is -0.942. The van der Waals surface area contributed by atoms with Crippen LogP contribution >= 0.6 is 12.0 Å². The van der Waals surface area contributed by atoms with E-state index in [0.717, 1.165) is 16.7 Å². The molecule has 2 atom stereocenters. The number of benzene rings is 3. The van der Waals surface area contributed by atoms with Crippen molar-refractivity contribution in [3.8, 4) is 0 Å². The largest absolute Gasteiger partial charge is 0.388 e. The molecule has 0 spiro atoms. The van der Waals surface area contributed by atoms with Crippen molar-refractivity contribution in [2.45, 2.75) is 17.0 Å². The maximum atomic E-state index is 10.1. The van der Waals surface area contributed by atoms with E-state index in [9.17, 15) is 5.11 Å². The summed E-state index contributed by atoms with van der Waals surface area (Å²) in [4.78, 5) is 0. The van der Waals surface area contributed by atoms with E-state index in [2.05, 4.69) is 36.4 Å². The van der Waals surface area contributed by atoms with Crippen molar-refractivity contribution >= 4 is 12.0 Å². The number of hydrogen-bond donors (Lipinski definition) is 1. The van der Waals surface area contributed by atoms with Gasteiger partial charge in [-0.2, -0.15) is 0 Å². The molecule has 0 radical (unpaired) electrons. The molecule has 0 saturated carbocycles. The highest BCUT2D eigenvalue weighted by atomic mass is 32.2. The molecular formula is C23H22O3S. The molecule has 1 aliphatic rings. The first-order chi connectivity index (χ1) is 13.3. The fourth-order valence-corrected chi connectivity index (χ4v) is 4.56. The van der Waals surface area contributed by atoms with Gasteiger partial charge in [-0.05, 0) is 16.7 Å². The summed E-state index contributed by atoms with van der Waals surface area (Å²) in [6.45, 7) is 0.725. The van der Waals surface area contributed by atoms with Crippen LogP contribution in [0.4, 0.5) is 0 Å². The van der Waals surface area contributed by atoms with E-state index in [1.807, 2.05) is 54.6 Å². The third kappa shape index (κ3) is 3.66. The molecular weight excluding hydrogens is 356 g/mol. The summed E-state index contributed by atoms with van der Waals surface area (Å²) in [7, 11) is 0. The van der Waals surface area contributed by atoms with Crippen molar-refractivity contribution < 1.29 is 14.0 Å². The summed E-state index contributed by atoms with van der Waals surface area (Å²) in [6, 6.07) is 31.1. The van der Waals surface area contributed by atoms with Crippen molar-refractivity contribution in [2.24, 2.45) is 0 Å². The monoisotopic (exact) mass is 378 g/mol. The number of hydrogen-bond acceptors (Lipinski definition) is 4. The summed E-state index contributed by atoms with van der Waals surface area (Å²) < 4.78 is 11.0. The summed E-state index contributed by atoms with van der Waals surface area (Å²) >= 11 is 1.39. The van der Waals surface area contributed by atoms with E-state index in [1.165, 1.54) is 12.0 Å². The Bertz CT molecular complexity index is 743. The Morgan fingerprint density at radius 3 is 1.56 bits per heavy atom. The smallest absolute Gasteiger partial charge is 0.124 e. The van der Waals surface area contributed by atoms with Crippen LogP contribution < -0.4 is 0 Å². The van der Waals surface area contributed by atoms with Crippen LogP contribution in [0.2, 0.25) is 0 Å². The van der Waals surface area contributed by atoms with E-state index in [1.54, 1.807) is 0 Å². The van der Waals surface area contributed by atoms with Crippen LogP contribution in [-0.4, -0.2) is 30.5 Å². The molecule has 3 aromatic rings. The lowest BCUT2D eigenvalue weighted by Gasteiger charge is -2.35. The van der Waals surface area contributed by atoms with Gasteiger partial charge in [0.1, 0.15) is 17.0 Å². The first-order valence-electron chi connectivity index (χ1n) is 9.07. The maximum absolute atomic E-state index is 10.1.